The predicted molar refractivity (Wildman–Crippen MR) is 158 cm³/mol. The number of rotatable bonds is 6. The maximum atomic E-state index is 12.4. The molecular weight excluding hydrogens is 492 g/mol. The average molecular weight is 541 g/mol. The highest BCUT2D eigenvalue weighted by Gasteiger charge is 2.47. The fourth-order valence-electron chi connectivity index (χ4n) is 7.29. The van der Waals surface area contributed by atoms with E-state index in [2.05, 4.69) is 57.4 Å². The quantitative estimate of drug-likeness (QED) is 0.340. The number of aromatic hydroxyl groups is 1. The molecule has 1 aromatic carbocycles. The molecule has 3 aliphatic rings. The summed E-state index contributed by atoms with van der Waals surface area (Å²) in [6, 6.07) is 5.73. The van der Waals surface area contributed by atoms with Crippen LogP contribution in [0.3, 0.4) is 0 Å². The number of allylic oxidation sites excluding steroid dienone is 3. The van der Waals surface area contributed by atoms with Crippen LogP contribution in [0.2, 0.25) is 5.02 Å². The maximum Gasteiger partial charge on any atom is 0.247 e. The van der Waals surface area contributed by atoms with Crippen LogP contribution in [0, 0.1) is 23.2 Å². The zero-order valence-corrected chi connectivity index (χ0v) is 25.0. The van der Waals surface area contributed by atoms with E-state index in [-0.39, 0.29) is 23.2 Å². The number of nitrogens with one attached hydrogen (secondary N) is 2. The summed E-state index contributed by atoms with van der Waals surface area (Å²) < 4.78 is 0. The third-order valence-electron chi connectivity index (χ3n) is 9.86. The first-order chi connectivity index (χ1) is 18.0. The lowest BCUT2D eigenvalue weighted by molar-refractivity contribution is -0.117. The predicted octanol–water partition coefficient (Wildman–Crippen LogP) is 8.26. The van der Waals surface area contributed by atoms with Gasteiger partial charge in [0.15, 0.2) is 0 Å². The van der Waals surface area contributed by atoms with Crippen molar-refractivity contribution >= 4 is 17.5 Å². The van der Waals surface area contributed by atoms with Crippen molar-refractivity contribution in [1.82, 2.24) is 10.6 Å². The Morgan fingerprint density at radius 3 is 2.45 bits per heavy atom. The molecule has 1 saturated heterocycles. The van der Waals surface area contributed by atoms with Crippen LogP contribution in [-0.2, 0) is 4.79 Å². The second-order valence-corrected chi connectivity index (χ2v) is 13.8. The van der Waals surface area contributed by atoms with Gasteiger partial charge in [-0.2, -0.15) is 0 Å². The van der Waals surface area contributed by atoms with Crippen molar-refractivity contribution in [1.29, 1.82) is 0 Å². The van der Waals surface area contributed by atoms with Crippen LogP contribution in [0.4, 0.5) is 0 Å². The van der Waals surface area contributed by atoms with Gasteiger partial charge in [-0.15, -0.1) is 0 Å². The molecule has 210 valence electrons. The highest BCUT2D eigenvalue weighted by atomic mass is 35.5. The van der Waals surface area contributed by atoms with E-state index in [4.69, 9.17) is 11.6 Å². The largest absolute Gasteiger partial charge is 0.508 e. The monoisotopic (exact) mass is 540 g/mol. The lowest BCUT2D eigenvalue weighted by atomic mass is 9.61. The molecule has 2 aliphatic carbocycles. The Bertz CT molecular complexity index is 1030. The van der Waals surface area contributed by atoms with Gasteiger partial charge in [-0.1, -0.05) is 63.9 Å². The number of phenols is 1. The number of hydrogen-bond acceptors (Lipinski definition) is 3. The van der Waals surface area contributed by atoms with Gasteiger partial charge < -0.3 is 15.7 Å². The minimum atomic E-state index is 0.0851. The summed E-state index contributed by atoms with van der Waals surface area (Å²) in [7, 11) is 0. The first-order valence-corrected chi connectivity index (χ1v) is 15.3. The van der Waals surface area contributed by atoms with Crippen LogP contribution in [0.25, 0.3) is 0 Å². The molecule has 1 aromatic rings. The fourth-order valence-corrected chi connectivity index (χ4v) is 7.52. The van der Waals surface area contributed by atoms with Crippen molar-refractivity contribution in [2.24, 2.45) is 23.2 Å². The van der Waals surface area contributed by atoms with Gasteiger partial charge in [0.25, 0.3) is 0 Å². The Morgan fingerprint density at radius 1 is 1.11 bits per heavy atom. The Balaban J connectivity index is 1.56. The summed E-state index contributed by atoms with van der Waals surface area (Å²) in [5.41, 5.74) is 3.92. The van der Waals surface area contributed by atoms with Gasteiger partial charge in [0.2, 0.25) is 5.91 Å². The van der Waals surface area contributed by atoms with Crippen LogP contribution in [0.5, 0.6) is 5.75 Å². The maximum absolute atomic E-state index is 12.4. The molecule has 0 radical (unpaired) electrons. The molecule has 0 bridgehead atoms. The van der Waals surface area contributed by atoms with Crippen LogP contribution in [0.15, 0.2) is 41.5 Å². The smallest absolute Gasteiger partial charge is 0.247 e. The summed E-state index contributed by atoms with van der Waals surface area (Å²) in [6.45, 7) is 12.5. The minimum absolute atomic E-state index is 0.0851. The van der Waals surface area contributed by atoms with Gasteiger partial charge in [0.05, 0.1) is 0 Å². The average Bonchev–Trinajstić information content (AvgIpc) is 2.99. The van der Waals surface area contributed by atoms with Crippen molar-refractivity contribution in [2.45, 2.75) is 110 Å². The molecule has 5 heteroatoms. The molecule has 3 N–H and O–H groups in total. The molecule has 4 rings (SSSR count). The molecule has 1 saturated carbocycles. The zero-order chi connectivity index (χ0) is 27.5. The Labute approximate surface area is 235 Å². The number of carbonyl (C=O) groups excluding carboxylic acids is 1. The van der Waals surface area contributed by atoms with Gasteiger partial charge in [0.1, 0.15) is 5.75 Å². The Kier molecular flexibility index (Phi) is 9.35. The Hall–Kier alpha value is -1.78. The van der Waals surface area contributed by atoms with Gasteiger partial charge in [-0.05, 0) is 111 Å². The number of benzene rings is 1. The molecule has 1 amide bonds. The van der Waals surface area contributed by atoms with Gasteiger partial charge in [0, 0.05) is 28.7 Å². The van der Waals surface area contributed by atoms with Crippen molar-refractivity contribution in [2.75, 3.05) is 6.54 Å². The second kappa shape index (κ2) is 12.2. The lowest BCUT2D eigenvalue weighted by Gasteiger charge is -2.50. The number of amides is 1. The second-order valence-electron chi connectivity index (χ2n) is 13.3. The van der Waals surface area contributed by atoms with Gasteiger partial charge in [-0.25, -0.2) is 0 Å². The van der Waals surface area contributed by atoms with Gasteiger partial charge in [-0.3, -0.25) is 4.79 Å². The van der Waals surface area contributed by atoms with E-state index in [0.29, 0.717) is 22.3 Å². The molecule has 3 unspecified atom stereocenters. The molecular formula is C33H49ClN2O2. The van der Waals surface area contributed by atoms with E-state index in [0.717, 1.165) is 62.1 Å². The summed E-state index contributed by atoms with van der Waals surface area (Å²) in [5, 5.41) is 18.1. The van der Waals surface area contributed by atoms with Crippen LogP contribution >= 0.6 is 11.6 Å². The molecule has 2 fully saturated rings. The number of carbonyl (C=O) groups is 1. The third-order valence-corrected chi connectivity index (χ3v) is 10.1. The highest BCUT2D eigenvalue weighted by Crippen LogP contribution is 2.50. The molecule has 0 aromatic heterocycles. The number of phenolic OH excluding ortho intramolecular Hbond substituents is 1. The summed E-state index contributed by atoms with van der Waals surface area (Å²) in [6.07, 6.45) is 15.2. The van der Waals surface area contributed by atoms with E-state index in [1.54, 1.807) is 6.07 Å². The SMILES string of the molecule is CCCNC(=O)C1=CC=C(CC2CCC(c3cc(O)cc(Cl)c3)NC3(CCC(C(C)(C)C)CC3)C2C)CC1. The normalized spacial score (nSPS) is 30.4. The van der Waals surface area contributed by atoms with Crippen molar-refractivity contribution in [3.05, 3.63) is 52.1 Å². The fraction of sp³-hybridized carbons (Fsp3) is 0.667. The highest BCUT2D eigenvalue weighted by molar-refractivity contribution is 6.30. The molecule has 1 spiro atoms. The summed E-state index contributed by atoms with van der Waals surface area (Å²) in [4.78, 5) is 12.4. The van der Waals surface area contributed by atoms with E-state index in [1.165, 1.54) is 31.3 Å². The van der Waals surface area contributed by atoms with Gasteiger partial charge >= 0.3 is 0 Å². The van der Waals surface area contributed by atoms with E-state index in [9.17, 15) is 9.90 Å². The van der Waals surface area contributed by atoms with Crippen LogP contribution in [0.1, 0.15) is 110 Å². The Morgan fingerprint density at radius 2 is 1.84 bits per heavy atom. The topological polar surface area (TPSA) is 61.4 Å². The molecule has 3 atom stereocenters. The first kappa shape index (κ1) is 29.2. The molecule has 1 heterocycles. The van der Waals surface area contributed by atoms with Crippen molar-refractivity contribution in [3.63, 3.8) is 0 Å². The summed E-state index contributed by atoms with van der Waals surface area (Å²) >= 11 is 6.38. The van der Waals surface area contributed by atoms with E-state index < -0.39 is 0 Å². The van der Waals surface area contributed by atoms with Crippen LogP contribution < -0.4 is 10.6 Å². The minimum Gasteiger partial charge on any atom is -0.508 e. The first-order valence-electron chi connectivity index (χ1n) is 14.9. The van der Waals surface area contributed by atoms with Crippen molar-refractivity contribution in [3.8, 4) is 5.75 Å². The zero-order valence-electron chi connectivity index (χ0n) is 24.2. The lowest BCUT2D eigenvalue weighted by Crippen LogP contribution is -2.55. The van der Waals surface area contributed by atoms with Crippen molar-refractivity contribution < 1.29 is 9.90 Å². The van der Waals surface area contributed by atoms with Crippen LogP contribution in [-0.4, -0.2) is 23.1 Å². The molecule has 38 heavy (non-hydrogen) atoms. The molecule has 4 nitrogen and oxygen atoms in total. The number of halogens is 1. The standard InChI is InChI=1S/C33H49ClN2O2/c1-6-17-35-31(38)24-9-7-23(8-10-24)18-25-11-12-30(26-19-28(34)21-29(37)20-26)36-33(22(25)2)15-13-27(14-16-33)32(3,4)5/h7,9,19-22,25,27,30,36-37H,6,8,10-18H2,1-5H3,(H,35,38). The third kappa shape index (κ3) is 6.86. The van der Waals surface area contributed by atoms with E-state index >= 15 is 0 Å². The molecule has 1 aliphatic heterocycles. The van der Waals surface area contributed by atoms with E-state index in [1.807, 2.05) is 12.1 Å². The number of hydrogen-bond donors (Lipinski definition) is 3. The summed E-state index contributed by atoms with van der Waals surface area (Å²) in [5.74, 6) is 2.21.